The highest BCUT2D eigenvalue weighted by molar-refractivity contribution is 5.90. The van der Waals surface area contributed by atoms with Crippen LogP contribution in [-0.4, -0.2) is 37.1 Å². The highest BCUT2D eigenvalue weighted by Gasteiger charge is 2.38. The number of non-ortho nitro benzene ring substituents is 1. The van der Waals surface area contributed by atoms with E-state index in [-0.39, 0.29) is 52.5 Å². The summed E-state index contributed by atoms with van der Waals surface area (Å²) in [6.45, 7) is 0.0801. The summed E-state index contributed by atoms with van der Waals surface area (Å²) in [6.07, 6.45) is 1.44. The molecule has 2 aromatic carbocycles. The summed E-state index contributed by atoms with van der Waals surface area (Å²) in [7, 11) is 0. The number of hydrogen-bond donors (Lipinski definition) is 2. The molecule has 0 aliphatic carbocycles. The fourth-order valence-electron chi connectivity index (χ4n) is 4.81. The van der Waals surface area contributed by atoms with Crippen molar-refractivity contribution in [3.05, 3.63) is 92.8 Å². The summed E-state index contributed by atoms with van der Waals surface area (Å²) >= 11 is 0. The molecule has 186 valence electrons. The minimum absolute atomic E-state index is 0.00355. The molecule has 3 N–H and O–H groups in total. The molecule has 0 unspecified atom stereocenters. The molecule has 1 saturated heterocycles. The van der Waals surface area contributed by atoms with Crippen molar-refractivity contribution in [2.24, 2.45) is 0 Å². The minimum Gasteiger partial charge on any atom is -0.478 e. The topological polar surface area (TPSA) is 164 Å². The molecule has 1 aliphatic heterocycles. The molecule has 4 aromatic rings. The van der Waals surface area contributed by atoms with Crippen molar-refractivity contribution >= 4 is 28.8 Å². The van der Waals surface area contributed by atoms with Crippen LogP contribution in [0.2, 0.25) is 0 Å². The van der Waals surface area contributed by atoms with Gasteiger partial charge in [-0.15, -0.1) is 5.10 Å². The lowest BCUT2D eigenvalue weighted by atomic mass is 9.90. The first kappa shape index (κ1) is 23.6. The van der Waals surface area contributed by atoms with E-state index >= 15 is 0 Å². The maximum absolute atomic E-state index is 14.9. The number of rotatable bonds is 5. The van der Waals surface area contributed by atoms with E-state index in [0.29, 0.717) is 5.52 Å². The maximum Gasteiger partial charge on any atom is 0.335 e. The molecule has 13 heteroatoms. The van der Waals surface area contributed by atoms with Crippen LogP contribution in [-0.2, 0) is 0 Å². The van der Waals surface area contributed by atoms with Crippen LogP contribution in [0.1, 0.15) is 45.4 Å². The molecule has 0 amide bonds. The monoisotopic (exact) mass is 505 g/mol. The summed E-state index contributed by atoms with van der Waals surface area (Å²) in [5.41, 5.74) is 6.04. The fourth-order valence-corrected chi connectivity index (χ4v) is 4.81. The molecule has 1 aliphatic rings. The van der Waals surface area contributed by atoms with Crippen LogP contribution in [0.25, 0.3) is 5.52 Å². The van der Waals surface area contributed by atoms with Crippen LogP contribution >= 0.6 is 0 Å². The Morgan fingerprint density at radius 1 is 1.22 bits per heavy atom. The van der Waals surface area contributed by atoms with Crippen molar-refractivity contribution < 1.29 is 23.6 Å². The van der Waals surface area contributed by atoms with Crippen LogP contribution in [0.4, 0.5) is 26.1 Å². The second-order valence-corrected chi connectivity index (χ2v) is 8.55. The molecule has 0 radical (unpaired) electrons. The Morgan fingerprint density at radius 2 is 2.00 bits per heavy atom. The standard InChI is InChI=1S/C24H17F2N7O4/c25-13-1-4-19(26)17(6-13)20-5-12(16-7-14(33(36)37)2-3-15(16)24(34)35)10-31(20)22-8-21-18(9-27)23(28)30-32(21)11-29-22/h1-4,6-8,11-12,20H,5,10H2,(H2,28,30)(H,34,35)/t12-,20+/m1/s1. The highest BCUT2D eigenvalue weighted by atomic mass is 19.1. The Balaban J connectivity index is 1.66. The molecule has 3 heterocycles. The van der Waals surface area contributed by atoms with Gasteiger partial charge in [-0.05, 0) is 36.2 Å². The molecule has 0 saturated carbocycles. The first-order valence-corrected chi connectivity index (χ1v) is 10.9. The van der Waals surface area contributed by atoms with E-state index in [1.165, 1.54) is 23.0 Å². The fraction of sp³-hybridized carbons (Fsp3) is 0.167. The first-order valence-electron chi connectivity index (χ1n) is 10.9. The number of carboxylic acid groups (broad SMARTS) is 1. The number of nitro groups is 1. The van der Waals surface area contributed by atoms with Gasteiger partial charge in [0.15, 0.2) is 5.82 Å². The Kier molecular flexibility index (Phi) is 5.63. The van der Waals surface area contributed by atoms with Gasteiger partial charge >= 0.3 is 5.97 Å². The number of aromatic carboxylic acids is 1. The summed E-state index contributed by atoms with van der Waals surface area (Å²) in [6, 6.07) is 9.19. The van der Waals surface area contributed by atoms with E-state index in [1.807, 2.05) is 6.07 Å². The van der Waals surface area contributed by atoms with Crippen LogP contribution in [0.3, 0.4) is 0 Å². The van der Waals surface area contributed by atoms with Gasteiger partial charge in [0.25, 0.3) is 5.69 Å². The predicted octanol–water partition coefficient (Wildman–Crippen LogP) is 3.80. The van der Waals surface area contributed by atoms with Crippen molar-refractivity contribution in [1.82, 2.24) is 14.6 Å². The van der Waals surface area contributed by atoms with Crippen LogP contribution in [0.15, 0.2) is 48.8 Å². The van der Waals surface area contributed by atoms with Gasteiger partial charge in [-0.3, -0.25) is 10.1 Å². The molecule has 0 spiro atoms. The second-order valence-electron chi connectivity index (χ2n) is 8.55. The SMILES string of the molecule is N#Cc1c(N)nn2cnc(N3C[C@H](c4cc([N+](=O)[O-])ccc4C(=O)O)C[C@H]3c3cc(F)ccc3F)cc12. The number of carboxylic acids is 1. The molecule has 5 rings (SSSR count). The van der Waals surface area contributed by atoms with E-state index in [0.717, 1.165) is 30.3 Å². The summed E-state index contributed by atoms with van der Waals surface area (Å²) in [5, 5.41) is 34.6. The smallest absolute Gasteiger partial charge is 0.335 e. The highest BCUT2D eigenvalue weighted by Crippen LogP contribution is 2.45. The number of nitriles is 1. The number of benzene rings is 2. The van der Waals surface area contributed by atoms with Gasteiger partial charge < -0.3 is 15.7 Å². The molecule has 2 aromatic heterocycles. The molecule has 1 fully saturated rings. The molecule has 37 heavy (non-hydrogen) atoms. The van der Waals surface area contributed by atoms with E-state index in [4.69, 9.17) is 5.73 Å². The zero-order chi connectivity index (χ0) is 26.4. The van der Waals surface area contributed by atoms with Crippen molar-refractivity contribution in [3.63, 3.8) is 0 Å². The van der Waals surface area contributed by atoms with Crippen LogP contribution in [0, 0.1) is 33.1 Å². The van der Waals surface area contributed by atoms with E-state index in [2.05, 4.69) is 10.1 Å². The zero-order valence-corrected chi connectivity index (χ0v) is 18.9. The number of nitrogens with two attached hydrogens (primary N) is 1. The largest absolute Gasteiger partial charge is 0.478 e. The lowest BCUT2D eigenvalue weighted by Crippen LogP contribution is -2.25. The third kappa shape index (κ3) is 4.04. The minimum atomic E-state index is -1.27. The number of anilines is 2. The summed E-state index contributed by atoms with van der Waals surface area (Å²) < 4.78 is 30.4. The van der Waals surface area contributed by atoms with Gasteiger partial charge in [0, 0.05) is 36.2 Å². The third-order valence-electron chi connectivity index (χ3n) is 6.48. The number of halogens is 2. The van der Waals surface area contributed by atoms with Crippen molar-refractivity contribution in [1.29, 1.82) is 5.26 Å². The Morgan fingerprint density at radius 3 is 2.70 bits per heavy atom. The second kappa shape index (κ2) is 8.83. The molecular weight excluding hydrogens is 488 g/mol. The van der Waals surface area contributed by atoms with E-state index in [9.17, 15) is 34.1 Å². The lowest BCUT2D eigenvalue weighted by molar-refractivity contribution is -0.384. The number of nitrogen functional groups attached to an aromatic ring is 1. The maximum atomic E-state index is 14.9. The van der Waals surface area contributed by atoms with Gasteiger partial charge in [-0.25, -0.2) is 23.1 Å². The van der Waals surface area contributed by atoms with E-state index in [1.54, 1.807) is 4.90 Å². The number of nitrogens with zero attached hydrogens (tertiary/aromatic N) is 6. The molecular formula is C24H17F2N7O4. The average Bonchev–Trinajstić information content (AvgIpc) is 3.45. The van der Waals surface area contributed by atoms with Gasteiger partial charge in [-0.1, -0.05) is 0 Å². The normalized spacial score (nSPS) is 17.2. The van der Waals surface area contributed by atoms with Crippen LogP contribution < -0.4 is 10.6 Å². The van der Waals surface area contributed by atoms with Gasteiger partial charge in [0.05, 0.1) is 22.0 Å². The third-order valence-corrected chi connectivity index (χ3v) is 6.48. The lowest BCUT2D eigenvalue weighted by Gasteiger charge is -2.26. The van der Waals surface area contributed by atoms with Crippen molar-refractivity contribution in [2.45, 2.75) is 18.4 Å². The van der Waals surface area contributed by atoms with Crippen molar-refractivity contribution in [3.8, 4) is 6.07 Å². The average molecular weight is 505 g/mol. The summed E-state index contributed by atoms with van der Waals surface area (Å²) in [5.74, 6) is -2.95. The van der Waals surface area contributed by atoms with Crippen molar-refractivity contribution in [2.75, 3.05) is 17.2 Å². The van der Waals surface area contributed by atoms with Gasteiger partial charge in [0.1, 0.15) is 35.4 Å². The zero-order valence-electron chi connectivity index (χ0n) is 18.9. The first-order chi connectivity index (χ1) is 17.7. The quantitative estimate of drug-likeness (QED) is 0.303. The van der Waals surface area contributed by atoms with Gasteiger partial charge in [-0.2, -0.15) is 5.26 Å². The Hall–Kier alpha value is -5.12. The molecule has 11 nitrogen and oxygen atoms in total. The molecule has 2 atom stereocenters. The van der Waals surface area contributed by atoms with Gasteiger partial charge in [0.2, 0.25) is 0 Å². The Labute approximate surface area is 207 Å². The molecule has 0 bridgehead atoms. The number of aromatic nitrogens is 3. The van der Waals surface area contributed by atoms with E-state index < -0.39 is 34.5 Å². The number of hydrogen-bond acceptors (Lipinski definition) is 8. The number of fused-ring (bicyclic) bond motifs is 1. The summed E-state index contributed by atoms with van der Waals surface area (Å²) in [4.78, 5) is 28.7. The number of nitro benzene ring substituents is 1. The van der Waals surface area contributed by atoms with Crippen LogP contribution in [0.5, 0.6) is 0 Å². The number of carbonyl (C=O) groups is 1. The Bertz CT molecular complexity index is 1630. The predicted molar refractivity (Wildman–Crippen MR) is 126 cm³/mol.